The van der Waals surface area contributed by atoms with Gasteiger partial charge in [-0.05, 0) is 0 Å². The Balaban J connectivity index is 2.17. The fourth-order valence-corrected chi connectivity index (χ4v) is 2.32. The predicted octanol–water partition coefficient (Wildman–Crippen LogP) is -0.463. The van der Waals surface area contributed by atoms with Crippen LogP contribution in [0, 0.1) is 0 Å². The Bertz CT molecular complexity index is 420. The lowest BCUT2D eigenvalue weighted by molar-refractivity contribution is -0.263. The zero-order valence-corrected chi connectivity index (χ0v) is 11.4. The van der Waals surface area contributed by atoms with Gasteiger partial charge in [-0.2, -0.15) is 0 Å². The van der Waals surface area contributed by atoms with E-state index in [2.05, 4.69) is 0 Å². The number of rotatable bonds is 3. The van der Waals surface area contributed by atoms with Crippen LogP contribution in [0.15, 0.2) is 0 Å². The first-order valence-corrected chi connectivity index (χ1v) is 6.17. The lowest BCUT2D eigenvalue weighted by Crippen LogP contribution is -2.57. The molecule has 0 aliphatic carbocycles. The molecule has 2 heterocycles. The number of carbonyl (C=O) groups is 3. The average molecular weight is 288 g/mol. The number of ether oxygens (including phenoxy) is 5. The molecule has 0 aromatic carbocycles. The summed E-state index contributed by atoms with van der Waals surface area (Å²) >= 11 is 0. The Morgan fingerprint density at radius 2 is 1.45 bits per heavy atom. The first-order chi connectivity index (χ1) is 9.38. The van der Waals surface area contributed by atoms with E-state index in [9.17, 15) is 14.4 Å². The topological polar surface area (TPSA) is 97.4 Å². The molecule has 0 aromatic rings. The molecular formula is C12H16O8. The average Bonchev–Trinajstić information content (AvgIpc) is 2.57. The zero-order chi connectivity index (χ0) is 14.9. The van der Waals surface area contributed by atoms with E-state index in [0.29, 0.717) is 0 Å². The van der Waals surface area contributed by atoms with Gasteiger partial charge in [-0.3, -0.25) is 14.4 Å². The summed E-state index contributed by atoms with van der Waals surface area (Å²) in [5.41, 5.74) is 0. The third kappa shape index (κ3) is 3.07. The second-order valence-electron chi connectivity index (χ2n) is 4.60. The summed E-state index contributed by atoms with van der Waals surface area (Å²) in [7, 11) is 0. The second-order valence-corrected chi connectivity index (χ2v) is 4.60. The van der Waals surface area contributed by atoms with Crippen LogP contribution in [-0.2, 0) is 38.1 Å². The van der Waals surface area contributed by atoms with E-state index in [-0.39, 0.29) is 6.61 Å². The minimum absolute atomic E-state index is 0.165. The predicted molar refractivity (Wildman–Crippen MR) is 61.3 cm³/mol. The Morgan fingerprint density at radius 1 is 0.900 bits per heavy atom. The van der Waals surface area contributed by atoms with Crippen molar-refractivity contribution in [2.24, 2.45) is 0 Å². The van der Waals surface area contributed by atoms with Gasteiger partial charge in [-0.25, -0.2) is 0 Å². The third-order valence-electron chi connectivity index (χ3n) is 2.93. The fraction of sp³-hybridized carbons (Fsp3) is 0.750. The zero-order valence-electron chi connectivity index (χ0n) is 11.4. The number of esters is 3. The molecular weight excluding hydrogens is 272 g/mol. The molecule has 2 bridgehead atoms. The highest BCUT2D eigenvalue weighted by molar-refractivity contribution is 5.68. The summed E-state index contributed by atoms with van der Waals surface area (Å²) < 4.78 is 26.1. The third-order valence-corrected chi connectivity index (χ3v) is 2.93. The quantitative estimate of drug-likeness (QED) is 0.508. The van der Waals surface area contributed by atoms with Gasteiger partial charge in [0.25, 0.3) is 0 Å². The molecule has 2 saturated heterocycles. The van der Waals surface area contributed by atoms with Gasteiger partial charge in [0.05, 0.1) is 6.61 Å². The van der Waals surface area contributed by atoms with Crippen LogP contribution < -0.4 is 0 Å². The second kappa shape index (κ2) is 5.76. The summed E-state index contributed by atoms with van der Waals surface area (Å²) in [6.07, 6.45) is -4.00. The van der Waals surface area contributed by atoms with Crippen LogP contribution in [0.25, 0.3) is 0 Å². The normalized spacial score (nSPS) is 35.2. The van der Waals surface area contributed by atoms with Crippen molar-refractivity contribution in [3.63, 3.8) is 0 Å². The smallest absolute Gasteiger partial charge is 0.305 e. The molecule has 0 amide bonds. The maximum Gasteiger partial charge on any atom is 0.305 e. The van der Waals surface area contributed by atoms with Crippen LogP contribution in [0.4, 0.5) is 0 Å². The Morgan fingerprint density at radius 3 is 2.00 bits per heavy atom. The van der Waals surface area contributed by atoms with Crippen LogP contribution in [0.2, 0.25) is 0 Å². The highest BCUT2D eigenvalue weighted by Gasteiger charge is 2.56. The van der Waals surface area contributed by atoms with Gasteiger partial charge < -0.3 is 23.7 Å². The van der Waals surface area contributed by atoms with Crippen molar-refractivity contribution in [2.75, 3.05) is 6.61 Å². The van der Waals surface area contributed by atoms with Gasteiger partial charge in [-0.1, -0.05) is 0 Å². The lowest BCUT2D eigenvalue weighted by Gasteiger charge is -2.37. The van der Waals surface area contributed by atoms with Gasteiger partial charge in [-0.15, -0.1) is 0 Å². The van der Waals surface area contributed by atoms with E-state index in [1.54, 1.807) is 0 Å². The van der Waals surface area contributed by atoms with Crippen LogP contribution in [0.3, 0.4) is 0 Å². The van der Waals surface area contributed by atoms with Crippen molar-refractivity contribution in [3.05, 3.63) is 0 Å². The van der Waals surface area contributed by atoms with Crippen LogP contribution in [-0.4, -0.2) is 55.2 Å². The number of hydrogen-bond donors (Lipinski definition) is 0. The summed E-state index contributed by atoms with van der Waals surface area (Å²) in [6.45, 7) is 3.86. The molecule has 1 unspecified atom stereocenters. The maximum atomic E-state index is 11.2. The Hall–Kier alpha value is -1.67. The molecule has 0 aromatic heterocycles. The Kier molecular flexibility index (Phi) is 4.24. The number of carbonyl (C=O) groups excluding carboxylic acids is 3. The molecule has 112 valence electrons. The van der Waals surface area contributed by atoms with Crippen molar-refractivity contribution < 1.29 is 38.1 Å². The van der Waals surface area contributed by atoms with Gasteiger partial charge >= 0.3 is 17.9 Å². The molecule has 0 radical (unpaired) electrons. The largest absolute Gasteiger partial charge is 0.457 e. The summed E-state index contributed by atoms with van der Waals surface area (Å²) in [5, 5.41) is 0. The molecule has 0 N–H and O–H groups in total. The highest BCUT2D eigenvalue weighted by Crippen LogP contribution is 2.34. The molecule has 2 fully saturated rings. The van der Waals surface area contributed by atoms with E-state index < -0.39 is 48.6 Å². The van der Waals surface area contributed by atoms with Crippen molar-refractivity contribution in [1.82, 2.24) is 0 Å². The first-order valence-electron chi connectivity index (χ1n) is 6.17. The number of fused-ring (bicyclic) bond motifs is 2. The van der Waals surface area contributed by atoms with Crippen LogP contribution in [0.1, 0.15) is 20.8 Å². The van der Waals surface area contributed by atoms with Crippen LogP contribution in [0.5, 0.6) is 0 Å². The van der Waals surface area contributed by atoms with Crippen molar-refractivity contribution in [2.45, 2.75) is 51.5 Å². The molecule has 8 nitrogen and oxygen atoms in total. The molecule has 0 saturated carbocycles. The van der Waals surface area contributed by atoms with Gasteiger partial charge in [0, 0.05) is 20.8 Å². The summed E-state index contributed by atoms with van der Waals surface area (Å²) in [6, 6.07) is 0. The van der Waals surface area contributed by atoms with E-state index in [0.717, 1.165) is 0 Å². The molecule has 8 heteroatoms. The molecule has 20 heavy (non-hydrogen) atoms. The SMILES string of the molecule is CC(=O)OC1O[C@@H]2CO[C@@H]([C@H]2OC(C)=O)[C@H]1OC(C)=O. The molecule has 2 aliphatic rings. The highest BCUT2D eigenvalue weighted by atomic mass is 16.8. The van der Waals surface area contributed by atoms with E-state index in [1.165, 1.54) is 20.8 Å². The maximum absolute atomic E-state index is 11.2. The first kappa shape index (κ1) is 14.7. The minimum Gasteiger partial charge on any atom is -0.457 e. The van der Waals surface area contributed by atoms with Crippen molar-refractivity contribution >= 4 is 17.9 Å². The summed E-state index contributed by atoms with van der Waals surface area (Å²) in [4.78, 5) is 33.3. The summed E-state index contributed by atoms with van der Waals surface area (Å²) in [5.74, 6) is -1.64. The van der Waals surface area contributed by atoms with Gasteiger partial charge in [0.1, 0.15) is 12.2 Å². The molecule has 2 aliphatic heterocycles. The van der Waals surface area contributed by atoms with E-state index in [1.807, 2.05) is 0 Å². The van der Waals surface area contributed by atoms with Gasteiger partial charge in [0.15, 0.2) is 12.2 Å². The van der Waals surface area contributed by atoms with E-state index in [4.69, 9.17) is 23.7 Å². The standard InChI is InChI=1S/C12H16O8/c1-5(13)17-9-8-4-16-10(9)11(18-6(2)14)12(20-8)19-7(3)15/h8-12H,4H2,1-3H3/t8-,9+,10+,11-,12?/m1/s1. The van der Waals surface area contributed by atoms with Gasteiger partial charge in [0.2, 0.25) is 6.29 Å². The fourth-order valence-electron chi connectivity index (χ4n) is 2.32. The van der Waals surface area contributed by atoms with Crippen LogP contribution >= 0.6 is 0 Å². The van der Waals surface area contributed by atoms with E-state index >= 15 is 0 Å². The minimum atomic E-state index is -1.07. The van der Waals surface area contributed by atoms with Crippen molar-refractivity contribution in [3.8, 4) is 0 Å². The molecule has 0 spiro atoms. The molecule has 2 rings (SSSR count). The van der Waals surface area contributed by atoms with Crippen molar-refractivity contribution in [1.29, 1.82) is 0 Å². The monoisotopic (exact) mass is 288 g/mol. The molecule has 5 atom stereocenters. The Labute approximate surface area is 115 Å². The lowest BCUT2D eigenvalue weighted by atomic mass is 10.0. The number of hydrogen-bond acceptors (Lipinski definition) is 8.